The Morgan fingerprint density at radius 1 is 0.846 bits per heavy atom. The molecule has 0 aromatic heterocycles. The number of ether oxygens (including phenoxy) is 1. The Kier molecular flexibility index (Phi) is 7.98. The zero-order chi connectivity index (χ0) is 8.86. The second kappa shape index (κ2) is 7.38. The first-order valence-electron chi connectivity index (χ1n) is 4.66. The number of rotatable bonds is 0. The first kappa shape index (κ1) is 14.1. The molecular formula is C9H16Cl2CrO. The molecule has 1 heterocycles. The van der Waals surface area contributed by atoms with Crippen molar-refractivity contribution in [1.29, 1.82) is 0 Å². The third kappa shape index (κ3) is 7.05. The molecule has 2 rings (SSSR count). The summed E-state index contributed by atoms with van der Waals surface area (Å²) in [6, 6.07) is 0. The van der Waals surface area contributed by atoms with Gasteiger partial charge in [-0.05, 0) is 25.7 Å². The SMILES string of the molecule is C1CCOC1.ClC1(Cl)CCCC1.[Cr]. The summed E-state index contributed by atoms with van der Waals surface area (Å²) >= 11 is 11.5. The zero-order valence-electron chi connectivity index (χ0n) is 7.73. The first-order chi connectivity index (χ1) is 5.71. The minimum atomic E-state index is -0.361. The molecule has 0 spiro atoms. The molecule has 13 heavy (non-hydrogen) atoms. The van der Waals surface area contributed by atoms with Gasteiger partial charge in [-0.15, -0.1) is 23.2 Å². The predicted octanol–water partition coefficient (Wildman–Crippen LogP) is 3.53. The van der Waals surface area contributed by atoms with E-state index in [0.29, 0.717) is 0 Å². The Balaban J connectivity index is 0.000000215. The first-order valence-corrected chi connectivity index (χ1v) is 5.42. The zero-order valence-corrected chi connectivity index (χ0v) is 10.5. The van der Waals surface area contributed by atoms with Gasteiger partial charge >= 0.3 is 0 Å². The van der Waals surface area contributed by atoms with Gasteiger partial charge in [-0.2, -0.15) is 0 Å². The van der Waals surface area contributed by atoms with E-state index in [1.807, 2.05) is 0 Å². The second-order valence-electron chi connectivity index (χ2n) is 3.38. The van der Waals surface area contributed by atoms with Crippen LogP contribution in [-0.4, -0.2) is 17.5 Å². The Hall–Kier alpha value is 1.07. The van der Waals surface area contributed by atoms with Crippen LogP contribution in [0.1, 0.15) is 38.5 Å². The van der Waals surface area contributed by atoms with E-state index in [2.05, 4.69) is 0 Å². The van der Waals surface area contributed by atoms with Crippen LogP contribution in [-0.2, 0) is 22.1 Å². The molecule has 1 saturated heterocycles. The van der Waals surface area contributed by atoms with Crippen molar-refractivity contribution in [2.75, 3.05) is 13.2 Å². The van der Waals surface area contributed by atoms with Gasteiger partial charge in [0, 0.05) is 30.6 Å². The van der Waals surface area contributed by atoms with Crippen LogP contribution in [0.15, 0.2) is 0 Å². The third-order valence-electron chi connectivity index (χ3n) is 2.16. The molecule has 0 aromatic carbocycles. The molecule has 78 valence electrons. The summed E-state index contributed by atoms with van der Waals surface area (Å²) in [4.78, 5) is 0. The van der Waals surface area contributed by atoms with Crippen molar-refractivity contribution >= 4 is 23.2 Å². The third-order valence-corrected chi connectivity index (χ3v) is 2.92. The summed E-state index contributed by atoms with van der Waals surface area (Å²) in [5.74, 6) is 0. The van der Waals surface area contributed by atoms with Gasteiger partial charge in [0.1, 0.15) is 4.33 Å². The topological polar surface area (TPSA) is 9.23 Å². The summed E-state index contributed by atoms with van der Waals surface area (Å²) in [5.41, 5.74) is 0. The molecule has 0 bridgehead atoms. The van der Waals surface area contributed by atoms with E-state index in [0.717, 1.165) is 26.1 Å². The number of halogens is 2. The van der Waals surface area contributed by atoms with E-state index in [4.69, 9.17) is 27.9 Å². The fourth-order valence-electron chi connectivity index (χ4n) is 1.40. The molecule has 1 saturated carbocycles. The maximum absolute atomic E-state index is 5.73. The maximum Gasteiger partial charge on any atom is 0.118 e. The number of hydrogen-bond donors (Lipinski definition) is 0. The fourth-order valence-corrected chi connectivity index (χ4v) is 1.94. The van der Waals surface area contributed by atoms with Gasteiger partial charge in [0.05, 0.1) is 0 Å². The summed E-state index contributed by atoms with van der Waals surface area (Å²) < 4.78 is 4.58. The largest absolute Gasteiger partial charge is 0.381 e. The summed E-state index contributed by atoms with van der Waals surface area (Å²) in [6.45, 7) is 2.00. The van der Waals surface area contributed by atoms with Crippen LogP contribution >= 0.6 is 23.2 Å². The minimum Gasteiger partial charge on any atom is -0.381 e. The van der Waals surface area contributed by atoms with Crippen LogP contribution in [0.3, 0.4) is 0 Å². The predicted molar refractivity (Wildman–Crippen MR) is 53.0 cm³/mol. The molecule has 0 N–H and O–H groups in total. The molecule has 0 radical (unpaired) electrons. The van der Waals surface area contributed by atoms with E-state index in [9.17, 15) is 0 Å². The quantitative estimate of drug-likeness (QED) is 0.607. The Bertz CT molecular complexity index is 111. The van der Waals surface area contributed by atoms with Crippen LogP contribution in [0.25, 0.3) is 0 Å². The standard InChI is InChI=1S/C5H8Cl2.C4H8O.Cr/c6-5(7)3-1-2-4-5;1-2-4-5-3-1;/h1-4H2;1-4H2;. The van der Waals surface area contributed by atoms with Gasteiger partial charge in [-0.1, -0.05) is 12.8 Å². The monoisotopic (exact) mass is 262 g/mol. The van der Waals surface area contributed by atoms with Crippen LogP contribution in [0.4, 0.5) is 0 Å². The van der Waals surface area contributed by atoms with Crippen molar-refractivity contribution in [2.45, 2.75) is 42.9 Å². The van der Waals surface area contributed by atoms with E-state index in [1.54, 1.807) is 0 Å². The molecule has 2 fully saturated rings. The second-order valence-corrected chi connectivity index (χ2v) is 5.02. The molecule has 1 nitrogen and oxygen atoms in total. The average Bonchev–Trinajstić information content (AvgIpc) is 2.60. The summed E-state index contributed by atoms with van der Waals surface area (Å²) in [5, 5.41) is 0. The molecule has 0 atom stereocenters. The van der Waals surface area contributed by atoms with Crippen LogP contribution in [0.5, 0.6) is 0 Å². The molecule has 0 unspecified atom stereocenters. The van der Waals surface area contributed by atoms with Crippen molar-refractivity contribution in [2.24, 2.45) is 0 Å². The van der Waals surface area contributed by atoms with Crippen molar-refractivity contribution in [3.05, 3.63) is 0 Å². The van der Waals surface area contributed by atoms with Gasteiger partial charge in [-0.25, -0.2) is 0 Å². The minimum absolute atomic E-state index is 0. The number of hydrogen-bond acceptors (Lipinski definition) is 1. The molecule has 1 aliphatic carbocycles. The van der Waals surface area contributed by atoms with Crippen molar-refractivity contribution < 1.29 is 22.1 Å². The molecular weight excluding hydrogens is 247 g/mol. The Morgan fingerprint density at radius 2 is 1.31 bits per heavy atom. The van der Waals surface area contributed by atoms with E-state index < -0.39 is 0 Å². The molecule has 4 heteroatoms. The van der Waals surface area contributed by atoms with Gasteiger partial charge in [0.25, 0.3) is 0 Å². The van der Waals surface area contributed by atoms with E-state index >= 15 is 0 Å². The van der Waals surface area contributed by atoms with E-state index in [-0.39, 0.29) is 21.7 Å². The van der Waals surface area contributed by atoms with E-state index in [1.165, 1.54) is 25.7 Å². The summed E-state index contributed by atoms with van der Waals surface area (Å²) in [6.07, 6.45) is 6.92. The summed E-state index contributed by atoms with van der Waals surface area (Å²) in [7, 11) is 0. The average molecular weight is 263 g/mol. The van der Waals surface area contributed by atoms with Gasteiger partial charge in [0.15, 0.2) is 0 Å². The molecule has 2 aliphatic rings. The molecule has 0 amide bonds. The van der Waals surface area contributed by atoms with Gasteiger partial charge in [0.2, 0.25) is 0 Å². The Labute approximate surface area is 101 Å². The fraction of sp³-hybridized carbons (Fsp3) is 1.00. The molecule has 0 aromatic rings. The maximum atomic E-state index is 5.73. The normalized spacial score (nSPS) is 24.5. The van der Waals surface area contributed by atoms with Crippen molar-refractivity contribution in [3.8, 4) is 0 Å². The molecule has 1 aliphatic heterocycles. The van der Waals surface area contributed by atoms with Crippen LogP contribution in [0.2, 0.25) is 0 Å². The van der Waals surface area contributed by atoms with Crippen molar-refractivity contribution in [1.82, 2.24) is 0 Å². The Morgan fingerprint density at radius 3 is 1.46 bits per heavy atom. The van der Waals surface area contributed by atoms with Crippen molar-refractivity contribution in [3.63, 3.8) is 0 Å². The van der Waals surface area contributed by atoms with Gasteiger partial charge in [-0.3, -0.25) is 0 Å². The smallest absolute Gasteiger partial charge is 0.118 e. The van der Waals surface area contributed by atoms with Crippen LogP contribution < -0.4 is 0 Å². The number of alkyl halides is 2. The van der Waals surface area contributed by atoms with Crippen LogP contribution in [0, 0.1) is 0 Å². The van der Waals surface area contributed by atoms with Gasteiger partial charge < -0.3 is 4.74 Å².